The van der Waals surface area contributed by atoms with Gasteiger partial charge in [-0.3, -0.25) is 14.6 Å². The topological polar surface area (TPSA) is 77.9 Å². The quantitative estimate of drug-likeness (QED) is 0.839. The second-order valence-corrected chi connectivity index (χ2v) is 8.84. The highest BCUT2D eigenvalue weighted by Crippen LogP contribution is 2.29. The van der Waals surface area contributed by atoms with Crippen molar-refractivity contribution in [3.63, 3.8) is 0 Å². The molecule has 2 heterocycles. The van der Waals surface area contributed by atoms with Gasteiger partial charge in [0.1, 0.15) is 5.82 Å². The highest BCUT2D eigenvalue weighted by molar-refractivity contribution is 7.91. The molecular weight excluding hydrogens is 359 g/mol. The maximum absolute atomic E-state index is 13.5. The second kappa shape index (κ2) is 6.59. The van der Waals surface area contributed by atoms with E-state index in [1.165, 1.54) is 18.2 Å². The van der Waals surface area contributed by atoms with Gasteiger partial charge in [0.2, 0.25) is 0 Å². The summed E-state index contributed by atoms with van der Waals surface area (Å²) >= 11 is 6.11. The molecule has 0 aliphatic carbocycles. The van der Waals surface area contributed by atoms with Crippen LogP contribution in [-0.4, -0.2) is 72.5 Å². The van der Waals surface area contributed by atoms with E-state index in [1.54, 1.807) is 4.90 Å². The third kappa shape index (κ3) is 3.72. The zero-order valence-corrected chi connectivity index (χ0v) is 14.4. The van der Waals surface area contributed by atoms with Crippen molar-refractivity contribution in [3.8, 4) is 0 Å². The van der Waals surface area contributed by atoms with Crippen LogP contribution in [0.5, 0.6) is 0 Å². The van der Waals surface area contributed by atoms with Crippen LogP contribution in [0, 0.1) is 5.82 Å². The maximum atomic E-state index is 13.5. The number of hydrogen-bond acceptors (Lipinski definition) is 5. The summed E-state index contributed by atoms with van der Waals surface area (Å²) in [6.45, 7) is 1.13. The van der Waals surface area contributed by atoms with Gasteiger partial charge in [-0.2, -0.15) is 0 Å². The number of carboxylic acid groups (broad SMARTS) is 1. The minimum Gasteiger partial charge on any atom is -0.480 e. The zero-order chi connectivity index (χ0) is 17.5. The van der Waals surface area contributed by atoms with Crippen LogP contribution >= 0.6 is 11.6 Å². The van der Waals surface area contributed by atoms with Crippen molar-refractivity contribution in [2.24, 2.45) is 0 Å². The molecule has 3 rings (SSSR count). The molecular formula is C15H18ClFN2O4S. The summed E-state index contributed by atoms with van der Waals surface area (Å²) in [5.41, 5.74) is 0.603. The first kappa shape index (κ1) is 17.6. The summed E-state index contributed by atoms with van der Waals surface area (Å²) in [6, 6.07) is 3.45. The van der Waals surface area contributed by atoms with Crippen LogP contribution in [0.1, 0.15) is 5.56 Å². The van der Waals surface area contributed by atoms with Crippen molar-refractivity contribution in [1.29, 1.82) is 0 Å². The van der Waals surface area contributed by atoms with Crippen LogP contribution in [0.2, 0.25) is 5.02 Å². The summed E-state index contributed by atoms with van der Waals surface area (Å²) in [5.74, 6) is -1.42. The SMILES string of the molecule is O=C(O)CN1CCN(Cc2cc(F)ccc2Cl)C2CS(=O)(=O)CC21. The average molecular weight is 377 g/mol. The van der Waals surface area contributed by atoms with Gasteiger partial charge in [-0.15, -0.1) is 0 Å². The number of rotatable bonds is 4. The van der Waals surface area contributed by atoms with Crippen molar-refractivity contribution >= 4 is 27.4 Å². The Morgan fingerprint density at radius 3 is 2.54 bits per heavy atom. The molecule has 2 saturated heterocycles. The van der Waals surface area contributed by atoms with E-state index in [4.69, 9.17) is 16.7 Å². The average Bonchev–Trinajstić information content (AvgIpc) is 2.81. The van der Waals surface area contributed by atoms with E-state index in [-0.39, 0.29) is 30.1 Å². The van der Waals surface area contributed by atoms with E-state index in [0.717, 1.165) is 0 Å². The molecule has 0 spiro atoms. The minimum atomic E-state index is -3.22. The number of halogens is 2. The van der Waals surface area contributed by atoms with E-state index in [9.17, 15) is 17.6 Å². The molecule has 0 radical (unpaired) electrons. The van der Waals surface area contributed by atoms with E-state index in [1.807, 2.05) is 4.90 Å². The number of benzene rings is 1. The van der Waals surface area contributed by atoms with Gasteiger partial charge in [-0.25, -0.2) is 12.8 Å². The van der Waals surface area contributed by atoms with Crippen molar-refractivity contribution in [3.05, 3.63) is 34.6 Å². The van der Waals surface area contributed by atoms with Crippen LogP contribution in [0.25, 0.3) is 0 Å². The number of carbonyl (C=O) groups is 1. The van der Waals surface area contributed by atoms with Crippen molar-refractivity contribution in [2.45, 2.75) is 18.6 Å². The number of sulfone groups is 1. The summed E-state index contributed by atoms with van der Waals surface area (Å²) in [5, 5.41) is 9.45. The van der Waals surface area contributed by atoms with E-state index in [2.05, 4.69) is 0 Å². The Morgan fingerprint density at radius 2 is 1.88 bits per heavy atom. The van der Waals surface area contributed by atoms with Crippen LogP contribution < -0.4 is 0 Å². The molecule has 2 aliphatic rings. The lowest BCUT2D eigenvalue weighted by Gasteiger charge is -2.43. The summed E-state index contributed by atoms with van der Waals surface area (Å²) in [4.78, 5) is 14.7. The number of fused-ring (bicyclic) bond motifs is 1. The molecule has 0 amide bonds. The molecule has 24 heavy (non-hydrogen) atoms. The largest absolute Gasteiger partial charge is 0.480 e. The van der Waals surface area contributed by atoms with Crippen molar-refractivity contribution < 1.29 is 22.7 Å². The van der Waals surface area contributed by atoms with Crippen LogP contribution in [-0.2, 0) is 21.2 Å². The Morgan fingerprint density at radius 1 is 1.25 bits per heavy atom. The smallest absolute Gasteiger partial charge is 0.317 e. The first-order chi connectivity index (χ1) is 11.2. The summed E-state index contributed by atoms with van der Waals surface area (Å²) < 4.78 is 37.6. The highest BCUT2D eigenvalue weighted by Gasteiger charge is 2.46. The molecule has 0 aromatic heterocycles. The predicted octanol–water partition coefficient (Wildman–Crippen LogP) is 0.847. The van der Waals surface area contributed by atoms with Crippen molar-refractivity contribution in [2.75, 3.05) is 31.1 Å². The fourth-order valence-corrected chi connectivity index (χ4v) is 5.77. The lowest BCUT2D eigenvalue weighted by atomic mass is 10.0. The number of hydrogen-bond donors (Lipinski definition) is 1. The molecule has 1 aromatic carbocycles. The number of carboxylic acids is 1. The third-order valence-corrected chi connectivity index (χ3v) is 6.69. The van der Waals surface area contributed by atoms with Gasteiger partial charge in [-0.1, -0.05) is 11.6 Å². The fraction of sp³-hybridized carbons (Fsp3) is 0.533. The maximum Gasteiger partial charge on any atom is 0.317 e. The van der Waals surface area contributed by atoms with Gasteiger partial charge in [0.05, 0.1) is 18.1 Å². The summed E-state index contributed by atoms with van der Waals surface area (Å²) in [6.07, 6.45) is 0. The van der Waals surface area contributed by atoms with E-state index >= 15 is 0 Å². The Hall–Kier alpha value is -1.22. The molecule has 2 atom stereocenters. The highest BCUT2D eigenvalue weighted by atomic mass is 35.5. The van der Waals surface area contributed by atoms with Gasteiger partial charge in [0.15, 0.2) is 9.84 Å². The van der Waals surface area contributed by atoms with Gasteiger partial charge < -0.3 is 5.11 Å². The molecule has 1 N–H and O–H groups in total. The number of piperazine rings is 1. The molecule has 0 bridgehead atoms. The normalized spacial score (nSPS) is 27.1. The molecule has 132 valence electrons. The third-order valence-electron chi connectivity index (χ3n) is 4.63. The Labute approximate surface area is 144 Å². The monoisotopic (exact) mass is 376 g/mol. The summed E-state index contributed by atoms with van der Waals surface area (Å²) in [7, 11) is -3.22. The molecule has 9 heteroatoms. The van der Waals surface area contributed by atoms with Crippen LogP contribution in [0.4, 0.5) is 4.39 Å². The van der Waals surface area contributed by atoms with Crippen LogP contribution in [0.15, 0.2) is 18.2 Å². The Bertz CT molecular complexity index is 758. The molecule has 1 aromatic rings. The first-order valence-electron chi connectivity index (χ1n) is 7.59. The lowest BCUT2D eigenvalue weighted by molar-refractivity contribution is -0.139. The Balaban J connectivity index is 1.83. The number of nitrogens with zero attached hydrogens (tertiary/aromatic N) is 2. The molecule has 2 unspecified atom stereocenters. The first-order valence-corrected chi connectivity index (χ1v) is 9.79. The Kier molecular flexibility index (Phi) is 4.83. The predicted molar refractivity (Wildman–Crippen MR) is 87.3 cm³/mol. The van der Waals surface area contributed by atoms with Crippen LogP contribution in [0.3, 0.4) is 0 Å². The van der Waals surface area contributed by atoms with Gasteiger partial charge in [-0.05, 0) is 23.8 Å². The minimum absolute atomic E-state index is 0.0132. The van der Waals surface area contributed by atoms with Gasteiger partial charge in [0.25, 0.3) is 0 Å². The zero-order valence-electron chi connectivity index (χ0n) is 12.9. The molecule has 6 nitrogen and oxygen atoms in total. The molecule has 2 aliphatic heterocycles. The lowest BCUT2D eigenvalue weighted by Crippen LogP contribution is -2.59. The molecule has 0 saturated carbocycles. The number of aliphatic carboxylic acids is 1. The van der Waals surface area contributed by atoms with E-state index in [0.29, 0.717) is 30.2 Å². The fourth-order valence-electron chi connectivity index (χ4n) is 3.55. The van der Waals surface area contributed by atoms with Crippen molar-refractivity contribution in [1.82, 2.24) is 9.80 Å². The standard InChI is InChI=1S/C15H18ClFN2O4S/c16-12-2-1-11(17)5-10(12)6-18-3-4-19(7-15(20)21)14-9-24(22,23)8-13(14)18/h1-2,5,13-14H,3-4,6-9H2,(H,20,21). The van der Waals surface area contributed by atoms with E-state index < -0.39 is 21.6 Å². The van der Waals surface area contributed by atoms with Gasteiger partial charge >= 0.3 is 5.97 Å². The molecule has 2 fully saturated rings. The van der Waals surface area contributed by atoms with Gasteiger partial charge in [0, 0.05) is 36.7 Å². The second-order valence-electron chi connectivity index (χ2n) is 6.28.